The van der Waals surface area contributed by atoms with Gasteiger partial charge in [0.1, 0.15) is 5.75 Å². The van der Waals surface area contributed by atoms with Gasteiger partial charge in [-0.05, 0) is 50.4 Å². The highest BCUT2D eigenvalue weighted by molar-refractivity contribution is 5.48. The summed E-state index contributed by atoms with van der Waals surface area (Å²) in [5, 5.41) is 3.35. The third-order valence-corrected chi connectivity index (χ3v) is 3.69. The number of aryl methyl sites for hydroxylation is 2. The Morgan fingerprint density at radius 1 is 1.26 bits per heavy atom. The van der Waals surface area contributed by atoms with Gasteiger partial charge < -0.3 is 10.1 Å². The Morgan fingerprint density at radius 3 is 2.37 bits per heavy atom. The van der Waals surface area contributed by atoms with E-state index in [1.54, 1.807) is 7.11 Å². The molecule has 1 N–H and O–H groups in total. The number of hydrogen-bond donors (Lipinski definition) is 1. The first kappa shape index (κ1) is 16.0. The van der Waals surface area contributed by atoms with Crippen molar-refractivity contribution in [3.63, 3.8) is 0 Å². The molecule has 0 radical (unpaired) electrons. The molecule has 1 rings (SSSR count). The third kappa shape index (κ3) is 3.73. The van der Waals surface area contributed by atoms with Gasteiger partial charge in [0.2, 0.25) is 0 Å². The molecule has 0 bridgehead atoms. The summed E-state index contributed by atoms with van der Waals surface area (Å²) >= 11 is 0. The van der Waals surface area contributed by atoms with Crippen molar-refractivity contribution in [1.29, 1.82) is 0 Å². The molecule has 0 saturated heterocycles. The van der Waals surface area contributed by atoms with Crippen LogP contribution in [0.25, 0.3) is 0 Å². The van der Waals surface area contributed by atoms with E-state index in [0.717, 1.165) is 18.7 Å². The van der Waals surface area contributed by atoms with Crippen LogP contribution in [0.5, 0.6) is 5.75 Å². The third-order valence-electron chi connectivity index (χ3n) is 3.69. The van der Waals surface area contributed by atoms with Crippen molar-refractivity contribution in [1.82, 2.24) is 5.32 Å². The molecule has 2 heteroatoms. The Morgan fingerprint density at radius 2 is 1.89 bits per heavy atom. The van der Waals surface area contributed by atoms with Crippen molar-refractivity contribution in [2.75, 3.05) is 20.7 Å². The molecule has 19 heavy (non-hydrogen) atoms. The van der Waals surface area contributed by atoms with Crippen LogP contribution in [0.4, 0.5) is 0 Å². The molecule has 1 atom stereocenters. The van der Waals surface area contributed by atoms with Gasteiger partial charge >= 0.3 is 0 Å². The number of methoxy groups -OCH3 is 1. The van der Waals surface area contributed by atoms with E-state index in [-0.39, 0.29) is 5.41 Å². The first-order chi connectivity index (χ1) is 8.84. The molecule has 1 aromatic rings. The second kappa shape index (κ2) is 6.42. The number of likely N-dealkylation sites (N-methyl/N-ethyl adjacent to an activating group) is 1. The predicted molar refractivity (Wildman–Crippen MR) is 83.2 cm³/mol. The Labute approximate surface area is 118 Å². The van der Waals surface area contributed by atoms with Gasteiger partial charge in [0.25, 0.3) is 0 Å². The molecule has 0 aliphatic heterocycles. The maximum absolute atomic E-state index is 5.65. The average Bonchev–Trinajstić information content (AvgIpc) is 2.26. The zero-order valence-electron chi connectivity index (χ0n) is 13.6. The number of ether oxygens (including phenoxy) is 1. The summed E-state index contributed by atoms with van der Waals surface area (Å²) in [5.74, 6) is 1.68. The van der Waals surface area contributed by atoms with Crippen molar-refractivity contribution in [3.8, 4) is 5.75 Å². The quantitative estimate of drug-likeness (QED) is 0.842. The lowest BCUT2D eigenvalue weighted by Gasteiger charge is -2.34. The molecular weight excluding hydrogens is 234 g/mol. The van der Waals surface area contributed by atoms with E-state index in [9.17, 15) is 0 Å². The standard InChI is InChI=1S/C17H29NO/c1-12(2)10-17(5,11-18-6)16-14(4)8-13(3)9-15(16)19-7/h8-9,12,18H,10-11H2,1-7H3. The van der Waals surface area contributed by atoms with Crippen molar-refractivity contribution in [2.45, 2.75) is 46.5 Å². The number of hydrogen-bond acceptors (Lipinski definition) is 2. The number of benzene rings is 1. The zero-order valence-corrected chi connectivity index (χ0v) is 13.6. The summed E-state index contributed by atoms with van der Waals surface area (Å²) in [4.78, 5) is 0. The van der Waals surface area contributed by atoms with Crippen LogP contribution >= 0.6 is 0 Å². The van der Waals surface area contributed by atoms with Gasteiger partial charge in [-0.25, -0.2) is 0 Å². The van der Waals surface area contributed by atoms with Crippen molar-refractivity contribution in [3.05, 3.63) is 28.8 Å². The molecule has 0 aliphatic carbocycles. The molecule has 0 saturated carbocycles. The van der Waals surface area contributed by atoms with E-state index < -0.39 is 0 Å². The summed E-state index contributed by atoms with van der Waals surface area (Å²) in [6, 6.07) is 4.41. The van der Waals surface area contributed by atoms with Crippen LogP contribution in [-0.4, -0.2) is 20.7 Å². The molecule has 0 heterocycles. The van der Waals surface area contributed by atoms with Gasteiger partial charge in [0.15, 0.2) is 0 Å². The van der Waals surface area contributed by atoms with Crippen molar-refractivity contribution >= 4 is 0 Å². The number of nitrogens with one attached hydrogen (secondary N) is 1. The first-order valence-electron chi connectivity index (χ1n) is 7.14. The molecule has 0 spiro atoms. The van der Waals surface area contributed by atoms with Crippen molar-refractivity contribution in [2.24, 2.45) is 5.92 Å². The highest BCUT2D eigenvalue weighted by atomic mass is 16.5. The van der Waals surface area contributed by atoms with Crippen LogP contribution in [-0.2, 0) is 5.41 Å². The maximum atomic E-state index is 5.65. The largest absolute Gasteiger partial charge is 0.496 e. The SMILES string of the molecule is CNCC(C)(CC(C)C)c1c(C)cc(C)cc1OC. The van der Waals surface area contributed by atoms with Crippen LogP contribution in [0.15, 0.2) is 12.1 Å². The van der Waals surface area contributed by atoms with Gasteiger partial charge in [0, 0.05) is 17.5 Å². The summed E-state index contributed by atoms with van der Waals surface area (Å²) in [5.41, 5.74) is 4.04. The normalized spacial score (nSPS) is 14.5. The fourth-order valence-corrected chi connectivity index (χ4v) is 3.42. The molecule has 0 aromatic heterocycles. The second-order valence-electron chi connectivity index (χ2n) is 6.35. The zero-order chi connectivity index (χ0) is 14.6. The predicted octanol–water partition coefficient (Wildman–Crippen LogP) is 3.84. The molecule has 2 nitrogen and oxygen atoms in total. The highest BCUT2D eigenvalue weighted by Gasteiger charge is 2.31. The summed E-state index contributed by atoms with van der Waals surface area (Å²) in [6.45, 7) is 12.2. The molecule has 0 aliphatic rings. The molecule has 1 unspecified atom stereocenters. The Balaban J connectivity index is 3.36. The van der Waals surface area contributed by atoms with Crippen LogP contribution in [0, 0.1) is 19.8 Å². The molecular formula is C17H29NO. The smallest absolute Gasteiger partial charge is 0.123 e. The molecule has 1 aromatic carbocycles. The van der Waals surface area contributed by atoms with E-state index in [2.05, 4.69) is 52.1 Å². The fourth-order valence-electron chi connectivity index (χ4n) is 3.42. The molecule has 108 valence electrons. The maximum Gasteiger partial charge on any atom is 0.123 e. The topological polar surface area (TPSA) is 21.3 Å². The van der Waals surface area contributed by atoms with Crippen LogP contribution in [0.3, 0.4) is 0 Å². The van der Waals surface area contributed by atoms with Gasteiger partial charge in [0.05, 0.1) is 7.11 Å². The van der Waals surface area contributed by atoms with Gasteiger partial charge in [-0.15, -0.1) is 0 Å². The Kier molecular flexibility index (Phi) is 5.42. The van der Waals surface area contributed by atoms with E-state index in [1.807, 2.05) is 7.05 Å². The monoisotopic (exact) mass is 263 g/mol. The Bertz CT molecular complexity index is 426. The van der Waals surface area contributed by atoms with Gasteiger partial charge in [-0.1, -0.05) is 26.8 Å². The lowest BCUT2D eigenvalue weighted by atomic mass is 9.73. The highest BCUT2D eigenvalue weighted by Crippen LogP contribution is 2.39. The molecule has 0 amide bonds. The Hall–Kier alpha value is -1.02. The van der Waals surface area contributed by atoms with Gasteiger partial charge in [-0.3, -0.25) is 0 Å². The summed E-state index contributed by atoms with van der Waals surface area (Å²) in [6.07, 6.45) is 1.15. The lowest BCUT2D eigenvalue weighted by Crippen LogP contribution is -2.36. The minimum atomic E-state index is 0.103. The minimum absolute atomic E-state index is 0.103. The van der Waals surface area contributed by atoms with Crippen LogP contribution in [0.1, 0.15) is 43.9 Å². The summed E-state index contributed by atoms with van der Waals surface area (Å²) in [7, 11) is 3.79. The van der Waals surface area contributed by atoms with E-state index in [0.29, 0.717) is 5.92 Å². The first-order valence-corrected chi connectivity index (χ1v) is 7.14. The molecule has 0 fully saturated rings. The average molecular weight is 263 g/mol. The lowest BCUT2D eigenvalue weighted by molar-refractivity contribution is 0.333. The van der Waals surface area contributed by atoms with E-state index in [1.165, 1.54) is 16.7 Å². The van der Waals surface area contributed by atoms with E-state index >= 15 is 0 Å². The van der Waals surface area contributed by atoms with Crippen LogP contribution < -0.4 is 10.1 Å². The fraction of sp³-hybridized carbons (Fsp3) is 0.647. The van der Waals surface area contributed by atoms with Crippen LogP contribution in [0.2, 0.25) is 0 Å². The number of rotatable bonds is 6. The summed E-state index contributed by atoms with van der Waals surface area (Å²) < 4.78 is 5.65. The van der Waals surface area contributed by atoms with Crippen molar-refractivity contribution < 1.29 is 4.74 Å². The minimum Gasteiger partial charge on any atom is -0.496 e. The van der Waals surface area contributed by atoms with E-state index in [4.69, 9.17) is 4.74 Å². The van der Waals surface area contributed by atoms with Gasteiger partial charge in [-0.2, -0.15) is 0 Å². The second-order valence-corrected chi connectivity index (χ2v) is 6.35.